The first-order valence-corrected chi connectivity index (χ1v) is 17.9. The van der Waals surface area contributed by atoms with E-state index in [1.54, 1.807) is 43.4 Å². The number of rotatable bonds is 13. The number of phenols is 2. The average Bonchev–Trinajstić information content (AvgIpc) is 3.06. The van der Waals surface area contributed by atoms with E-state index in [-0.39, 0.29) is 44.8 Å². The number of aromatic hydroxyl groups is 2. The summed E-state index contributed by atoms with van der Waals surface area (Å²) >= 11 is 4.48. The minimum Gasteiger partial charge on any atom is -0.506 e. The first-order valence-electron chi connectivity index (χ1n) is 14.1. The van der Waals surface area contributed by atoms with Crippen LogP contribution in [-0.4, -0.2) is 81.7 Å². The highest BCUT2D eigenvalue weighted by Crippen LogP contribution is 2.46. The van der Waals surface area contributed by atoms with E-state index in [2.05, 4.69) is 45.0 Å². The molecule has 1 amide bonds. The van der Waals surface area contributed by atoms with Gasteiger partial charge in [-0.2, -0.15) is 5.11 Å². The lowest BCUT2D eigenvalue weighted by Crippen LogP contribution is -2.31. The third kappa shape index (κ3) is 8.17. The fraction of sp³-hybridized carbons (Fsp3) is 0.194. The van der Waals surface area contributed by atoms with Crippen LogP contribution >= 0.6 is 12.6 Å². The van der Waals surface area contributed by atoms with Crippen LogP contribution in [0.3, 0.4) is 0 Å². The Balaban J connectivity index is 1.66. The van der Waals surface area contributed by atoms with Crippen LogP contribution in [0.4, 0.5) is 28.4 Å². The Morgan fingerprint density at radius 1 is 0.938 bits per heavy atom. The van der Waals surface area contributed by atoms with Crippen LogP contribution in [0.5, 0.6) is 11.5 Å². The van der Waals surface area contributed by atoms with Crippen LogP contribution in [0.1, 0.15) is 10.4 Å². The van der Waals surface area contributed by atoms with Crippen molar-refractivity contribution >= 4 is 77.4 Å². The number of carbonyl (C=O) groups excluding carboxylic acids is 1. The molecule has 0 unspecified atom stereocenters. The molecule has 0 fully saturated rings. The number of azo groups is 2. The van der Waals surface area contributed by atoms with Crippen molar-refractivity contribution in [1.82, 2.24) is 4.90 Å². The molecule has 0 bridgehead atoms. The number of thiol groups is 1. The Labute approximate surface area is 282 Å². The number of aliphatic hydroxyl groups excluding tert-OH is 1. The molecule has 252 valence electrons. The number of aliphatic hydroxyl groups is 1. The van der Waals surface area contributed by atoms with Gasteiger partial charge in [0.05, 0.1) is 34.4 Å². The van der Waals surface area contributed by atoms with Crippen molar-refractivity contribution in [3.05, 3.63) is 78.2 Å². The predicted molar refractivity (Wildman–Crippen MR) is 185 cm³/mol. The molecular formula is C31H32N6O8S3. The Morgan fingerprint density at radius 3 is 2.33 bits per heavy atom. The monoisotopic (exact) mass is 712 g/mol. The Bertz CT molecular complexity index is 2170. The van der Waals surface area contributed by atoms with Gasteiger partial charge in [0.2, 0.25) is 0 Å². The second kappa shape index (κ2) is 14.9. The zero-order valence-corrected chi connectivity index (χ0v) is 28.3. The molecule has 4 N–H and O–H groups in total. The number of nitrogens with zero attached hydrogens (tertiary/aromatic N) is 5. The second-order valence-corrected chi connectivity index (χ2v) is 15.0. The van der Waals surface area contributed by atoms with Gasteiger partial charge in [-0.05, 0) is 48.5 Å². The molecule has 0 heterocycles. The summed E-state index contributed by atoms with van der Waals surface area (Å²) in [5.74, 6) is -1.94. The third-order valence-corrected chi connectivity index (χ3v) is 10.4. The van der Waals surface area contributed by atoms with Crippen LogP contribution in [0, 0.1) is 0 Å². The van der Waals surface area contributed by atoms with Gasteiger partial charge in [0.25, 0.3) is 5.91 Å². The summed E-state index contributed by atoms with van der Waals surface area (Å²) in [4.78, 5) is 14.2. The molecular weight excluding hydrogens is 681 g/mol. The van der Waals surface area contributed by atoms with Crippen LogP contribution in [-0.2, 0) is 19.7 Å². The topological polar surface area (TPSA) is 211 Å². The van der Waals surface area contributed by atoms with Gasteiger partial charge in [-0.15, -0.1) is 28.0 Å². The van der Waals surface area contributed by atoms with Gasteiger partial charge in [-0.25, -0.2) is 16.8 Å². The van der Waals surface area contributed by atoms with Gasteiger partial charge in [-0.1, -0.05) is 12.6 Å². The SMILES string of the molecule is C=CS(=O)(=O)CCN(C)C(=O)c1cccc(N=Nc2c(NC)ccc3c(O)c(N=Nc4ccc(S(=O)(=O)CCO)cc4O)c(S)cc23)c1. The summed E-state index contributed by atoms with van der Waals surface area (Å²) in [5, 5.41) is 51.9. The van der Waals surface area contributed by atoms with Crippen LogP contribution < -0.4 is 5.32 Å². The zero-order valence-electron chi connectivity index (χ0n) is 25.8. The number of phenolic OH excluding ortho intramolecular Hbond substituents is 2. The molecule has 0 aliphatic heterocycles. The highest BCUT2D eigenvalue weighted by Gasteiger charge is 2.19. The minimum atomic E-state index is -3.80. The molecule has 0 saturated heterocycles. The highest BCUT2D eigenvalue weighted by molar-refractivity contribution is 7.94. The first-order chi connectivity index (χ1) is 22.7. The summed E-state index contributed by atoms with van der Waals surface area (Å²) < 4.78 is 47.9. The van der Waals surface area contributed by atoms with Crippen LogP contribution in [0.15, 0.2) is 103 Å². The van der Waals surface area contributed by atoms with E-state index in [1.807, 2.05) is 0 Å². The number of benzene rings is 4. The van der Waals surface area contributed by atoms with E-state index in [1.165, 1.54) is 30.1 Å². The van der Waals surface area contributed by atoms with Crippen LogP contribution in [0.25, 0.3) is 10.8 Å². The number of nitrogens with one attached hydrogen (secondary N) is 1. The molecule has 0 aromatic heterocycles. The highest BCUT2D eigenvalue weighted by atomic mass is 32.2. The fourth-order valence-electron chi connectivity index (χ4n) is 4.42. The average molecular weight is 713 g/mol. The molecule has 0 saturated carbocycles. The van der Waals surface area contributed by atoms with Gasteiger partial charge in [0, 0.05) is 53.3 Å². The van der Waals surface area contributed by atoms with E-state index in [4.69, 9.17) is 5.11 Å². The van der Waals surface area contributed by atoms with Crippen molar-refractivity contribution in [3.63, 3.8) is 0 Å². The number of fused-ring (bicyclic) bond motifs is 1. The van der Waals surface area contributed by atoms with Crippen molar-refractivity contribution < 1.29 is 36.9 Å². The minimum absolute atomic E-state index is 0.0270. The number of amides is 1. The largest absolute Gasteiger partial charge is 0.506 e. The van der Waals surface area contributed by atoms with Gasteiger partial charge < -0.3 is 25.5 Å². The summed E-state index contributed by atoms with van der Waals surface area (Å²) in [6.07, 6.45) is 0. The number of anilines is 1. The molecule has 0 atom stereocenters. The second-order valence-electron chi connectivity index (χ2n) is 10.3. The lowest BCUT2D eigenvalue weighted by molar-refractivity contribution is 0.0803. The van der Waals surface area contributed by atoms with Gasteiger partial charge in [-0.3, -0.25) is 4.79 Å². The van der Waals surface area contributed by atoms with Gasteiger partial charge in [0.1, 0.15) is 22.8 Å². The van der Waals surface area contributed by atoms with E-state index in [9.17, 15) is 31.8 Å². The lowest BCUT2D eigenvalue weighted by Gasteiger charge is -2.16. The Hall–Kier alpha value is -4.84. The molecule has 4 aromatic carbocycles. The van der Waals surface area contributed by atoms with Crippen molar-refractivity contribution in [2.75, 3.05) is 44.1 Å². The molecule has 0 spiro atoms. The fourth-order valence-corrected chi connectivity index (χ4v) is 6.44. The van der Waals surface area contributed by atoms with Gasteiger partial charge >= 0.3 is 0 Å². The van der Waals surface area contributed by atoms with E-state index < -0.39 is 43.7 Å². The maximum atomic E-state index is 12.9. The Kier molecular flexibility index (Phi) is 11.2. The smallest absolute Gasteiger partial charge is 0.253 e. The van der Waals surface area contributed by atoms with Gasteiger partial charge in [0.15, 0.2) is 25.4 Å². The first kappa shape index (κ1) is 36.0. The summed E-state index contributed by atoms with van der Waals surface area (Å²) in [7, 11) is -4.10. The predicted octanol–water partition coefficient (Wildman–Crippen LogP) is 5.81. The number of hydrogen-bond acceptors (Lipinski definition) is 14. The van der Waals surface area contributed by atoms with Crippen molar-refractivity contribution in [3.8, 4) is 11.5 Å². The molecule has 0 aliphatic rings. The van der Waals surface area contributed by atoms with Crippen molar-refractivity contribution in [2.45, 2.75) is 9.79 Å². The molecule has 0 aliphatic carbocycles. The van der Waals surface area contributed by atoms with Crippen molar-refractivity contribution in [1.29, 1.82) is 0 Å². The number of carbonyl (C=O) groups is 1. The van der Waals surface area contributed by atoms with E-state index in [0.29, 0.717) is 27.8 Å². The third-order valence-electron chi connectivity index (χ3n) is 7.08. The molecule has 4 rings (SSSR count). The molecule has 48 heavy (non-hydrogen) atoms. The maximum absolute atomic E-state index is 12.9. The normalized spacial score (nSPS) is 12.2. The lowest BCUT2D eigenvalue weighted by atomic mass is 10.1. The summed E-state index contributed by atoms with van der Waals surface area (Å²) in [6.45, 7) is 2.68. The quantitative estimate of drug-likeness (QED) is 0.0835. The number of sulfone groups is 2. The standard InChI is InChI=1S/C31H32N6O8S3/c1-4-47(42,43)14-12-37(3)31(41)19-6-5-7-20(16-19)33-35-28-23-18-27(46)29(30(40)22(23)9-11-25(28)32-2)36-34-24-10-8-21(17-26(24)39)48(44,45)15-13-38/h4-11,16-18,32,38-40,46H,1,12-15H2,2-3H3. The summed E-state index contributed by atoms with van der Waals surface area (Å²) in [5.41, 5.74) is 1.41. The molecule has 0 radical (unpaired) electrons. The summed E-state index contributed by atoms with van der Waals surface area (Å²) in [6, 6.07) is 14.7. The zero-order chi connectivity index (χ0) is 35.2. The van der Waals surface area contributed by atoms with E-state index in [0.717, 1.165) is 11.5 Å². The van der Waals surface area contributed by atoms with Crippen molar-refractivity contribution in [2.24, 2.45) is 20.5 Å². The Morgan fingerprint density at radius 2 is 1.67 bits per heavy atom. The maximum Gasteiger partial charge on any atom is 0.253 e. The molecule has 17 heteroatoms. The number of hydrogen-bond donors (Lipinski definition) is 5. The molecule has 4 aromatic rings. The van der Waals surface area contributed by atoms with E-state index >= 15 is 0 Å². The molecule has 14 nitrogen and oxygen atoms in total. The van der Waals surface area contributed by atoms with Crippen LogP contribution in [0.2, 0.25) is 0 Å².